The molecule has 1 nitrogen and oxygen atoms in total. The minimum Gasteiger partial charge on any atom is -0.264 e. The second kappa shape index (κ2) is 3.31. The Bertz CT molecular complexity index is 292. The highest BCUT2D eigenvalue weighted by Crippen LogP contribution is 2.34. The number of rotatable bonds is 1. The fourth-order valence-electron chi connectivity index (χ4n) is 1.37. The molecular weight excluding hydrogens is 166 g/mol. The molecule has 0 saturated heterocycles. The van der Waals surface area contributed by atoms with Gasteiger partial charge in [0.2, 0.25) is 0 Å². The lowest BCUT2D eigenvalue weighted by atomic mass is 9.99. The Morgan fingerprint density at radius 3 is 3.08 bits per heavy atom. The molecule has 1 aliphatic rings. The van der Waals surface area contributed by atoms with Gasteiger partial charge in [0, 0.05) is 18.1 Å². The van der Waals surface area contributed by atoms with E-state index in [9.17, 15) is 0 Å². The average Bonchev–Trinajstić information content (AvgIpc) is 2.53. The first-order valence-electron chi connectivity index (χ1n) is 4.10. The predicted octanol–water partition coefficient (Wildman–Crippen LogP) is 2.81. The first kappa shape index (κ1) is 7.87. The lowest BCUT2D eigenvalue weighted by Crippen LogP contribution is -1.95. The molecular formula is C10H11NS. The molecule has 0 aromatic carbocycles. The highest BCUT2D eigenvalue weighted by Gasteiger charge is 2.15. The van der Waals surface area contributed by atoms with Crippen molar-refractivity contribution in [1.29, 1.82) is 0 Å². The van der Waals surface area contributed by atoms with Gasteiger partial charge in [-0.3, -0.25) is 4.98 Å². The van der Waals surface area contributed by atoms with Crippen LogP contribution in [0.3, 0.4) is 0 Å². The van der Waals surface area contributed by atoms with E-state index in [1.807, 2.05) is 30.2 Å². The third kappa shape index (κ3) is 1.39. The molecule has 2 rings (SSSR count). The van der Waals surface area contributed by atoms with E-state index in [-0.39, 0.29) is 0 Å². The summed E-state index contributed by atoms with van der Waals surface area (Å²) >= 11 is 1.90. The Hall–Kier alpha value is -0.760. The van der Waals surface area contributed by atoms with Gasteiger partial charge in [-0.05, 0) is 28.5 Å². The number of nitrogens with zero attached hydrogens (tertiary/aromatic N) is 1. The van der Waals surface area contributed by atoms with Gasteiger partial charge in [0.1, 0.15) is 0 Å². The van der Waals surface area contributed by atoms with Crippen molar-refractivity contribution in [2.24, 2.45) is 5.92 Å². The van der Waals surface area contributed by atoms with Crippen LogP contribution in [0.4, 0.5) is 0 Å². The Morgan fingerprint density at radius 2 is 2.50 bits per heavy atom. The molecule has 0 amide bonds. The van der Waals surface area contributed by atoms with Crippen LogP contribution in [0, 0.1) is 5.92 Å². The van der Waals surface area contributed by atoms with Gasteiger partial charge in [-0.1, -0.05) is 13.0 Å². The topological polar surface area (TPSA) is 12.9 Å². The summed E-state index contributed by atoms with van der Waals surface area (Å²) in [6.07, 6.45) is 3.75. The summed E-state index contributed by atoms with van der Waals surface area (Å²) in [5, 5.41) is 2.25. The first-order chi connectivity index (χ1) is 5.88. The van der Waals surface area contributed by atoms with Gasteiger partial charge in [-0.2, -0.15) is 0 Å². The third-order valence-electron chi connectivity index (χ3n) is 2.08. The number of pyridine rings is 1. The van der Waals surface area contributed by atoms with Crippen LogP contribution in [0.5, 0.6) is 0 Å². The fraction of sp³-hybridized carbons (Fsp3) is 0.300. The normalized spacial score (nSPS) is 22.4. The average molecular weight is 177 g/mol. The largest absolute Gasteiger partial charge is 0.264 e. The first-order valence-corrected chi connectivity index (χ1v) is 5.15. The molecule has 1 aromatic rings. The van der Waals surface area contributed by atoms with Gasteiger partial charge in [0.15, 0.2) is 0 Å². The van der Waals surface area contributed by atoms with Crippen molar-refractivity contribution < 1.29 is 0 Å². The summed E-state index contributed by atoms with van der Waals surface area (Å²) in [5.74, 6) is 1.89. The van der Waals surface area contributed by atoms with E-state index in [1.54, 1.807) is 0 Å². The Labute approximate surface area is 76.9 Å². The Balaban J connectivity index is 2.31. The van der Waals surface area contributed by atoms with Gasteiger partial charge < -0.3 is 0 Å². The summed E-state index contributed by atoms with van der Waals surface area (Å²) in [6, 6.07) is 4.12. The van der Waals surface area contributed by atoms with Crippen molar-refractivity contribution >= 4 is 17.3 Å². The molecule has 1 unspecified atom stereocenters. The standard InChI is InChI=1S/C10H11NS/c1-8-6-12-7-10(8)9-3-2-4-11-5-9/h2-5,7-8H,6H2,1H3. The molecule has 0 radical (unpaired) electrons. The number of thioether (sulfide) groups is 1. The van der Waals surface area contributed by atoms with Gasteiger partial charge >= 0.3 is 0 Å². The number of hydrogen-bond acceptors (Lipinski definition) is 2. The predicted molar refractivity (Wildman–Crippen MR) is 53.8 cm³/mol. The molecule has 2 heteroatoms. The van der Waals surface area contributed by atoms with E-state index in [2.05, 4.69) is 23.4 Å². The maximum absolute atomic E-state index is 4.11. The lowest BCUT2D eigenvalue weighted by molar-refractivity contribution is 0.882. The van der Waals surface area contributed by atoms with Crippen molar-refractivity contribution in [2.75, 3.05) is 5.75 Å². The lowest BCUT2D eigenvalue weighted by Gasteiger charge is -2.06. The van der Waals surface area contributed by atoms with E-state index in [0.717, 1.165) is 0 Å². The summed E-state index contributed by atoms with van der Waals surface area (Å²) in [6.45, 7) is 2.26. The molecule has 12 heavy (non-hydrogen) atoms. The number of allylic oxidation sites excluding steroid dienone is 1. The molecule has 0 spiro atoms. The molecule has 0 fully saturated rings. The fourth-order valence-corrected chi connectivity index (χ4v) is 2.49. The molecule has 0 saturated carbocycles. The maximum Gasteiger partial charge on any atom is 0.0343 e. The molecule has 1 aromatic heterocycles. The maximum atomic E-state index is 4.11. The Kier molecular flexibility index (Phi) is 2.17. The zero-order valence-corrected chi connectivity index (χ0v) is 7.84. The monoisotopic (exact) mass is 177 g/mol. The molecule has 1 aliphatic heterocycles. The smallest absolute Gasteiger partial charge is 0.0343 e. The van der Waals surface area contributed by atoms with Crippen molar-refractivity contribution in [3.05, 3.63) is 35.5 Å². The molecule has 1 atom stereocenters. The Morgan fingerprint density at radius 1 is 1.58 bits per heavy atom. The van der Waals surface area contributed by atoms with Gasteiger partial charge in [-0.25, -0.2) is 0 Å². The highest BCUT2D eigenvalue weighted by molar-refractivity contribution is 8.02. The van der Waals surface area contributed by atoms with Crippen molar-refractivity contribution in [3.63, 3.8) is 0 Å². The van der Waals surface area contributed by atoms with Crippen molar-refractivity contribution in [1.82, 2.24) is 4.98 Å². The van der Waals surface area contributed by atoms with Crippen LogP contribution in [0.25, 0.3) is 5.57 Å². The van der Waals surface area contributed by atoms with E-state index in [0.29, 0.717) is 5.92 Å². The van der Waals surface area contributed by atoms with Crippen LogP contribution in [0.15, 0.2) is 29.9 Å². The van der Waals surface area contributed by atoms with E-state index in [1.165, 1.54) is 16.9 Å². The van der Waals surface area contributed by atoms with E-state index < -0.39 is 0 Å². The van der Waals surface area contributed by atoms with E-state index >= 15 is 0 Å². The van der Waals surface area contributed by atoms with Gasteiger partial charge in [0.25, 0.3) is 0 Å². The minimum atomic E-state index is 0.680. The van der Waals surface area contributed by atoms with Crippen LogP contribution < -0.4 is 0 Å². The SMILES string of the molecule is CC1CSC=C1c1cccnc1. The molecule has 0 bridgehead atoms. The van der Waals surface area contributed by atoms with Crippen LogP contribution in [0.2, 0.25) is 0 Å². The van der Waals surface area contributed by atoms with Crippen LogP contribution in [-0.2, 0) is 0 Å². The zero-order valence-electron chi connectivity index (χ0n) is 7.03. The third-order valence-corrected chi connectivity index (χ3v) is 3.20. The zero-order chi connectivity index (χ0) is 8.39. The van der Waals surface area contributed by atoms with Gasteiger partial charge in [-0.15, -0.1) is 11.8 Å². The van der Waals surface area contributed by atoms with Crippen LogP contribution in [0.1, 0.15) is 12.5 Å². The van der Waals surface area contributed by atoms with Crippen LogP contribution in [-0.4, -0.2) is 10.7 Å². The molecule has 2 heterocycles. The summed E-state index contributed by atoms with van der Waals surface area (Å²) in [4.78, 5) is 4.11. The second-order valence-corrected chi connectivity index (χ2v) is 3.95. The quantitative estimate of drug-likeness (QED) is 0.654. The number of hydrogen-bond donors (Lipinski definition) is 0. The number of aromatic nitrogens is 1. The van der Waals surface area contributed by atoms with Crippen molar-refractivity contribution in [2.45, 2.75) is 6.92 Å². The van der Waals surface area contributed by atoms with Crippen LogP contribution >= 0.6 is 11.8 Å². The van der Waals surface area contributed by atoms with Crippen molar-refractivity contribution in [3.8, 4) is 0 Å². The minimum absolute atomic E-state index is 0.680. The molecule has 0 N–H and O–H groups in total. The molecule has 62 valence electrons. The van der Waals surface area contributed by atoms with Gasteiger partial charge in [0.05, 0.1) is 0 Å². The highest BCUT2D eigenvalue weighted by atomic mass is 32.2. The summed E-state index contributed by atoms with van der Waals surface area (Å²) in [5.41, 5.74) is 2.71. The summed E-state index contributed by atoms with van der Waals surface area (Å²) in [7, 11) is 0. The molecule has 0 aliphatic carbocycles. The second-order valence-electron chi connectivity index (χ2n) is 3.05. The van der Waals surface area contributed by atoms with E-state index in [4.69, 9.17) is 0 Å². The summed E-state index contributed by atoms with van der Waals surface area (Å²) < 4.78 is 0.